The summed E-state index contributed by atoms with van der Waals surface area (Å²) in [6.45, 7) is 8.48. The Morgan fingerprint density at radius 3 is 2.19 bits per heavy atom. The molecule has 0 radical (unpaired) electrons. The lowest BCUT2D eigenvalue weighted by molar-refractivity contribution is -0.991. The SMILES string of the molecule is c1csc(C[N+]23CN4CN(CN(C4)C2)C3)c1. The van der Waals surface area contributed by atoms with Crippen LogP contribution in [0, 0.1) is 0 Å². The van der Waals surface area contributed by atoms with Gasteiger partial charge in [0.05, 0.1) is 24.9 Å². The molecule has 5 heteroatoms. The van der Waals surface area contributed by atoms with Crippen LogP contribution in [0.15, 0.2) is 17.5 Å². The Kier molecular flexibility index (Phi) is 1.95. The van der Waals surface area contributed by atoms with E-state index in [4.69, 9.17) is 0 Å². The summed E-state index contributed by atoms with van der Waals surface area (Å²) in [5, 5.41) is 2.20. The molecule has 4 aliphatic rings. The summed E-state index contributed by atoms with van der Waals surface area (Å²) in [5.41, 5.74) is 0. The Balaban J connectivity index is 1.62. The minimum atomic E-state index is 1.18. The van der Waals surface area contributed by atoms with Gasteiger partial charge in [0.25, 0.3) is 0 Å². The van der Waals surface area contributed by atoms with Gasteiger partial charge in [-0.05, 0) is 11.4 Å². The largest absolute Gasteiger partial charge is 0.281 e. The predicted octanol–water partition coefficient (Wildman–Crippen LogP) is 0.757. The third-order valence-electron chi connectivity index (χ3n) is 3.77. The average Bonchev–Trinajstić information content (AvgIpc) is 2.66. The number of rotatable bonds is 2. The Labute approximate surface area is 99.9 Å². The van der Waals surface area contributed by atoms with E-state index in [1.165, 1.54) is 55.9 Å². The van der Waals surface area contributed by atoms with Gasteiger partial charge in [-0.1, -0.05) is 6.07 Å². The first kappa shape index (κ1) is 9.56. The molecule has 0 aromatic carbocycles. The van der Waals surface area contributed by atoms with E-state index in [0.717, 1.165) is 0 Å². The number of nitrogens with zero attached hydrogens (tertiary/aromatic N) is 4. The Hall–Kier alpha value is -0.460. The van der Waals surface area contributed by atoms with Crippen molar-refractivity contribution in [1.29, 1.82) is 0 Å². The smallest absolute Gasteiger partial charge is 0.139 e. The Bertz CT molecular complexity index is 353. The molecule has 16 heavy (non-hydrogen) atoms. The molecule has 4 saturated heterocycles. The molecular formula is C11H17N4S+. The lowest BCUT2D eigenvalue weighted by Gasteiger charge is -2.60. The predicted molar refractivity (Wildman–Crippen MR) is 63.0 cm³/mol. The van der Waals surface area contributed by atoms with Gasteiger partial charge in [0.2, 0.25) is 0 Å². The lowest BCUT2D eigenvalue weighted by atomic mass is 10.2. The Morgan fingerprint density at radius 1 is 1.06 bits per heavy atom. The maximum absolute atomic E-state index is 2.57. The van der Waals surface area contributed by atoms with Crippen molar-refractivity contribution in [2.75, 3.05) is 40.0 Å². The highest BCUT2D eigenvalue weighted by Crippen LogP contribution is 2.31. The highest BCUT2D eigenvalue weighted by Gasteiger charge is 2.48. The molecule has 0 saturated carbocycles. The van der Waals surface area contributed by atoms with Crippen LogP contribution in [0.2, 0.25) is 0 Å². The van der Waals surface area contributed by atoms with Gasteiger partial charge in [0.15, 0.2) is 0 Å². The molecular weight excluding hydrogens is 220 g/mol. The van der Waals surface area contributed by atoms with Crippen molar-refractivity contribution in [3.63, 3.8) is 0 Å². The van der Waals surface area contributed by atoms with Crippen molar-refractivity contribution in [1.82, 2.24) is 14.7 Å². The second-order valence-corrected chi connectivity index (χ2v) is 6.47. The van der Waals surface area contributed by atoms with Gasteiger partial charge < -0.3 is 0 Å². The highest BCUT2D eigenvalue weighted by molar-refractivity contribution is 7.09. The highest BCUT2D eigenvalue weighted by atomic mass is 32.1. The van der Waals surface area contributed by atoms with Gasteiger partial charge in [0, 0.05) is 0 Å². The zero-order valence-corrected chi connectivity index (χ0v) is 10.2. The van der Waals surface area contributed by atoms with Crippen molar-refractivity contribution in [2.45, 2.75) is 6.54 Å². The molecule has 4 bridgehead atoms. The van der Waals surface area contributed by atoms with Gasteiger partial charge in [-0.15, -0.1) is 11.3 Å². The molecule has 5 heterocycles. The fourth-order valence-corrected chi connectivity index (χ4v) is 4.38. The van der Waals surface area contributed by atoms with Crippen molar-refractivity contribution in [3.05, 3.63) is 22.4 Å². The summed E-state index contributed by atoms with van der Waals surface area (Å²) < 4.78 is 1.22. The second kappa shape index (κ2) is 3.27. The molecule has 0 spiro atoms. The summed E-state index contributed by atoms with van der Waals surface area (Å²) in [7, 11) is 0. The molecule has 0 atom stereocenters. The van der Waals surface area contributed by atoms with Crippen LogP contribution in [0.25, 0.3) is 0 Å². The fraction of sp³-hybridized carbons (Fsp3) is 0.636. The van der Waals surface area contributed by atoms with Crippen LogP contribution in [0.1, 0.15) is 4.88 Å². The molecule has 86 valence electrons. The van der Waals surface area contributed by atoms with Gasteiger partial charge in [-0.2, -0.15) is 0 Å². The fourth-order valence-electron chi connectivity index (χ4n) is 3.54. The first-order valence-corrected chi connectivity index (χ1v) is 6.74. The second-order valence-electron chi connectivity index (χ2n) is 5.44. The zero-order chi connectivity index (χ0) is 10.6. The summed E-state index contributed by atoms with van der Waals surface area (Å²) in [4.78, 5) is 9.25. The summed E-state index contributed by atoms with van der Waals surface area (Å²) in [5.74, 6) is 0. The van der Waals surface area contributed by atoms with Crippen LogP contribution >= 0.6 is 11.3 Å². The number of hydrogen-bond acceptors (Lipinski definition) is 4. The number of hydrogen-bond donors (Lipinski definition) is 0. The summed E-state index contributed by atoms with van der Waals surface area (Å²) >= 11 is 1.90. The number of thiophene rings is 1. The van der Waals surface area contributed by atoms with E-state index < -0.39 is 0 Å². The van der Waals surface area contributed by atoms with Crippen LogP contribution < -0.4 is 0 Å². The molecule has 0 unspecified atom stereocenters. The van der Waals surface area contributed by atoms with E-state index >= 15 is 0 Å². The Morgan fingerprint density at radius 2 is 1.69 bits per heavy atom. The maximum atomic E-state index is 2.57. The van der Waals surface area contributed by atoms with Gasteiger partial charge in [0.1, 0.15) is 26.6 Å². The van der Waals surface area contributed by atoms with Gasteiger partial charge in [-0.3, -0.25) is 4.48 Å². The third kappa shape index (κ3) is 1.43. The van der Waals surface area contributed by atoms with Crippen molar-refractivity contribution < 1.29 is 4.48 Å². The topological polar surface area (TPSA) is 9.72 Å². The van der Waals surface area contributed by atoms with E-state index in [1.54, 1.807) is 0 Å². The normalized spacial score (nSPS) is 45.1. The van der Waals surface area contributed by atoms with Crippen molar-refractivity contribution in [2.24, 2.45) is 0 Å². The van der Waals surface area contributed by atoms with Crippen LogP contribution in [0.4, 0.5) is 0 Å². The number of quaternary nitrogens is 1. The molecule has 0 N–H and O–H groups in total. The van der Waals surface area contributed by atoms with E-state index in [1.807, 2.05) is 11.3 Å². The lowest BCUT2D eigenvalue weighted by Crippen LogP contribution is -2.78. The van der Waals surface area contributed by atoms with Crippen LogP contribution in [-0.2, 0) is 6.54 Å². The van der Waals surface area contributed by atoms with Crippen LogP contribution in [0.3, 0.4) is 0 Å². The molecule has 5 rings (SSSR count). The van der Waals surface area contributed by atoms with E-state index in [0.29, 0.717) is 0 Å². The first-order chi connectivity index (χ1) is 7.81. The van der Waals surface area contributed by atoms with Crippen LogP contribution in [0.5, 0.6) is 0 Å². The summed E-state index contributed by atoms with van der Waals surface area (Å²) in [6.07, 6.45) is 0. The molecule has 1 aromatic rings. The molecule has 1 aromatic heterocycles. The van der Waals surface area contributed by atoms with E-state index in [2.05, 4.69) is 32.2 Å². The molecule has 4 fully saturated rings. The third-order valence-corrected chi connectivity index (χ3v) is 4.63. The first-order valence-electron chi connectivity index (χ1n) is 5.86. The molecule has 0 amide bonds. The molecule has 4 nitrogen and oxygen atoms in total. The zero-order valence-electron chi connectivity index (χ0n) is 9.38. The van der Waals surface area contributed by atoms with Crippen LogP contribution in [-0.4, -0.2) is 59.2 Å². The minimum absolute atomic E-state index is 1.18. The monoisotopic (exact) mass is 237 g/mol. The van der Waals surface area contributed by atoms with Crippen molar-refractivity contribution in [3.8, 4) is 0 Å². The van der Waals surface area contributed by atoms with Gasteiger partial charge >= 0.3 is 0 Å². The minimum Gasteiger partial charge on any atom is -0.281 e. The van der Waals surface area contributed by atoms with E-state index in [-0.39, 0.29) is 0 Å². The van der Waals surface area contributed by atoms with E-state index in [9.17, 15) is 0 Å². The quantitative estimate of drug-likeness (QED) is 0.703. The molecule has 4 aliphatic heterocycles. The van der Waals surface area contributed by atoms with Crippen molar-refractivity contribution >= 4 is 11.3 Å². The maximum Gasteiger partial charge on any atom is 0.139 e. The average molecular weight is 237 g/mol. The summed E-state index contributed by atoms with van der Waals surface area (Å²) in [6, 6.07) is 4.45. The standard InChI is InChI=1S/C11H17N4S/c1-2-11(16-3-1)4-15-8-12-5-13(9-15)7-14(6-12)10-15/h1-3H,4-10H2/q+1. The van der Waals surface area contributed by atoms with Gasteiger partial charge in [-0.25, -0.2) is 14.7 Å². The molecule has 0 aliphatic carbocycles.